The normalized spacial score (nSPS) is 11.8. The maximum Gasteiger partial charge on any atom is 0.238 e. The van der Waals surface area contributed by atoms with E-state index in [0.29, 0.717) is 17.6 Å². The zero-order valence-corrected chi connectivity index (χ0v) is 40.1. The van der Waals surface area contributed by atoms with Gasteiger partial charge < -0.3 is 4.57 Å². The van der Waals surface area contributed by atoms with E-state index in [2.05, 4.69) is 234 Å². The Morgan fingerprint density at radius 1 is 0.203 bits per heavy atom. The van der Waals surface area contributed by atoms with Crippen molar-refractivity contribution in [3.63, 3.8) is 0 Å². The van der Waals surface area contributed by atoms with Gasteiger partial charge in [0.1, 0.15) is 0 Å². The quantitative estimate of drug-likeness (QED) is 0.150. The van der Waals surface area contributed by atoms with E-state index < -0.39 is 0 Å². The standard InChI is InChI=1S/C69H43N5/c1-5-17-44(18-6-1)48-29-35-63-59(39-48)60-41-50(31-36-64(60)73(63)52-33-34-57-55-27-14-13-25-53(55)54-26-15-16-28-56(54)58(57)43-52)51-32-38-66-62(42-51)61-40-49(45-19-7-2-8-20-45)30-37-65(61)74(66)69-71-67(46-21-9-3-10-22-46)70-68(72-69)47-23-11-4-12-24-47/h1-43H. The van der Waals surface area contributed by atoms with Crippen molar-refractivity contribution in [1.82, 2.24) is 24.1 Å². The molecule has 5 nitrogen and oxygen atoms in total. The minimum Gasteiger partial charge on any atom is -0.309 e. The van der Waals surface area contributed by atoms with Gasteiger partial charge in [0.15, 0.2) is 11.6 Å². The van der Waals surface area contributed by atoms with Gasteiger partial charge in [0.05, 0.1) is 22.1 Å². The Bertz CT molecular complexity index is 4600. The first-order valence-corrected chi connectivity index (χ1v) is 25.2. The van der Waals surface area contributed by atoms with Gasteiger partial charge in [0.25, 0.3) is 0 Å². The second-order valence-corrected chi connectivity index (χ2v) is 19.2. The summed E-state index contributed by atoms with van der Waals surface area (Å²) in [6.07, 6.45) is 0. The molecular weight excluding hydrogens is 899 g/mol. The first-order chi connectivity index (χ1) is 36.7. The highest BCUT2D eigenvalue weighted by molar-refractivity contribution is 6.26. The summed E-state index contributed by atoms with van der Waals surface area (Å²) in [6.45, 7) is 0. The SMILES string of the molecule is c1ccc(-c2ccc3c(c2)c2cc(-c4ccc5c(c4)c4cc(-c6ccccc6)ccc4n5-c4nc(-c5ccccc5)nc(-c5ccccc5)n4)ccc2n3-c2ccc3c4ccccc4c4ccccc4c3c2)cc1. The molecule has 74 heavy (non-hydrogen) atoms. The van der Waals surface area contributed by atoms with Crippen LogP contribution < -0.4 is 0 Å². The monoisotopic (exact) mass is 941 g/mol. The number of rotatable bonds is 7. The lowest BCUT2D eigenvalue weighted by atomic mass is 9.94. The van der Waals surface area contributed by atoms with Crippen molar-refractivity contribution in [2.24, 2.45) is 0 Å². The molecule has 0 radical (unpaired) electrons. The summed E-state index contributed by atoms with van der Waals surface area (Å²) < 4.78 is 4.66. The number of benzene rings is 12. The highest BCUT2D eigenvalue weighted by Gasteiger charge is 2.21. The van der Waals surface area contributed by atoms with E-state index in [1.165, 1.54) is 54.2 Å². The molecule has 5 heteroatoms. The van der Waals surface area contributed by atoms with Gasteiger partial charge in [-0.15, -0.1) is 0 Å². The molecule has 0 N–H and O–H groups in total. The first-order valence-electron chi connectivity index (χ1n) is 25.2. The summed E-state index contributed by atoms with van der Waals surface area (Å²) in [5, 5.41) is 12.2. The molecule has 0 bridgehead atoms. The van der Waals surface area contributed by atoms with Gasteiger partial charge in [-0.1, -0.05) is 200 Å². The largest absolute Gasteiger partial charge is 0.309 e. The maximum absolute atomic E-state index is 5.24. The second-order valence-electron chi connectivity index (χ2n) is 19.2. The molecule has 0 spiro atoms. The fraction of sp³-hybridized carbons (Fsp3) is 0. The summed E-state index contributed by atoms with van der Waals surface area (Å²) in [5.74, 6) is 1.81. The second kappa shape index (κ2) is 16.8. The zero-order chi connectivity index (χ0) is 48.7. The Hall–Kier alpha value is -9.97. The summed E-state index contributed by atoms with van der Waals surface area (Å²) in [5.41, 5.74) is 14.3. The van der Waals surface area contributed by atoms with Crippen LogP contribution in [0.15, 0.2) is 261 Å². The zero-order valence-electron chi connectivity index (χ0n) is 40.1. The van der Waals surface area contributed by atoms with Crippen LogP contribution in [0.5, 0.6) is 0 Å². The van der Waals surface area contributed by atoms with Crippen molar-refractivity contribution in [3.8, 4) is 67.8 Å². The van der Waals surface area contributed by atoms with Crippen LogP contribution in [-0.2, 0) is 0 Å². The molecule has 0 saturated heterocycles. The van der Waals surface area contributed by atoms with Crippen molar-refractivity contribution in [3.05, 3.63) is 261 Å². The predicted octanol–water partition coefficient (Wildman–Crippen LogP) is 17.9. The van der Waals surface area contributed by atoms with E-state index in [4.69, 9.17) is 15.0 Å². The molecule has 0 saturated carbocycles. The van der Waals surface area contributed by atoms with Crippen molar-refractivity contribution < 1.29 is 0 Å². The highest BCUT2D eigenvalue weighted by Crippen LogP contribution is 2.42. The van der Waals surface area contributed by atoms with Crippen LogP contribution in [0.2, 0.25) is 0 Å². The number of fused-ring (bicyclic) bond motifs is 12. The molecule has 3 aromatic heterocycles. The van der Waals surface area contributed by atoms with Gasteiger partial charge >= 0.3 is 0 Å². The van der Waals surface area contributed by atoms with E-state index in [1.54, 1.807) is 0 Å². The molecule has 344 valence electrons. The average molecular weight is 942 g/mol. The van der Waals surface area contributed by atoms with E-state index in [-0.39, 0.29) is 0 Å². The molecule has 12 aromatic carbocycles. The van der Waals surface area contributed by atoms with Crippen molar-refractivity contribution in [2.75, 3.05) is 0 Å². The van der Waals surface area contributed by atoms with Gasteiger partial charge in [0, 0.05) is 38.4 Å². The Morgan fingerprint density at radius 3 is 0.932 bits per heavy atom. The molecular formula is C69H43N5. The lowest BCUT2D eigenvalue weighted by Gasteiger charge is -2.14. The highest BCUT2D eigenvalue weighted by atomic mass is 15.2. The molecule has 15 rings (SSSR count). The smallest absolute Gasteiger partial charge is 0.238 e. The van der Waals surface area contributed by atoms with E-state index >= 15 is 0 Å². The molecule has 0 aliphatic carbocycles. The van der Waals surface area contributed by atoms with E-state index in [0.717, 1.165) is 71.9 Å². The van der Waals surface area contributed by atoms with Crippen molar-refractivity contribution in [2.45, 2.75) is 0 Å². The molecule has 3 heterocycles. The van der Waals surface area contributed by atoms with Crippen LogP contribution in [0.1, 0.15) is 0 Å². The minimum atomic E-state index is 0.566. The van der Waals surface area contributed by atoms with Crippen LogP contribution in [0.3, 0.4) is 0 Å². The van der Waals surface area contributed by atoms with Gasteiger partial charge in [-0.3, -0.25) is 4.57 Å². The van der Waals surface area contributed by atoms with Crippen molar-refractivity contribution >= 4 is 75.9 Å². The summed E-state index contributed by atoms with van der Waals surface area (Å²) in [6, 6.07) is 93.9. The third-order valence-electron chi connectivity index (χ3n) is 15.0. The van der Waals surface area contributed by atoms with Crippen LogP contribution in [0.25, 0.3) is 144 Å². The Labute approximate surface area is 426 Å². The lowest BCUT2D eigenvalue weighted by molar-refractivity contribution is 0.953. The van der Waals surface area contributed by atoms with Crippen LogP contribution >= 0.6 is 0 Å². The van der Waals surface area contributed by atoms with Crippen LogP contribution in [-0.4, -0.2) is 24.1 Å². The molecule has 0 amide bonds. The number of nitrogens with zero attached hydrogens (tertiary/aromatic N) is 5. The molecule has 0 fully saturated rings. The summed E-state index contributed by atoms with van der Waals surface area (Å²) in [7, 11) is 0. The van der Waals surface area contributed by atoms with Gasteiger partial charge in [-0.05, 0) is 126 Å². The molecule has 0 aliphatic heterocycles. The number of hydrogen-bond donors (Lipinski definition) is 0. The van der Waals surface area contributed by atoms with Gasteiger partial charge in [0.2, 0.25) is 5.95 Å². The van der Waals surface area contributed by atoms with E-state index in [1.807, 2.05) is 36.4 Å². The Balaban J connectivity index is 0.951. The molecule has 0 unspecified atom stereocenters. The average Bonchev–Trinajstić information content (AvgIpc) is 4.02. The van der Waals surface area contributed by atoms with Gasteiger partial charge in [-0.25, -0.2) is 4.98 Å². The molecule has 0 atom stereocenters. The minimum absolute atomic E-state index is 0.566. The summed E-state index contributed by atoms with van der Waals surface area (Å²) >= 11 is 0. The van der Waals surface area contributed by atoms with E-state index in [9.17, 15) is 0 Å². The van der Waals surface area contributed by atoms with Crippen LogP contribution in [0.4, 0.5) is 0 Å². The maximum atomic E-state index is 5.24. The third-order valence-corrected chi connectivity index (χ3v) is 15.0. The fourth-order valence-electron chi connectivity index (χ4n) is 11.5. The predicted molar refractivity (Wildman–Crippen MR) is 308 cm³/mol. The van der Waals surface area contributed by atoms with Crippen LogP contribution in [0, 0.1) is 0 Å². The Morgan fingerprint density at radius 2 is 0.527 bits per heavy atom. The number of hydrogen-bond acceptors (Lipinski definition) is 3. The molecule has 0 aliphatic rings. The Kier molecular flexibility index (Phi) is 9.50. The number of aromatic nitrogens is 5. The topological polar surface area (TPSA) is 48.5 Å². The third kappa shape index (κ3) is 6.75. The summed E-state index contributed by atoms with van der Waals surface area (Å²) in [4.78, 5) is 15.5. The van der Waals surface area contributed by atoms with Crippen molar-refractivity contribution in [1.29, 1.82) is 0 Å². The lowest BCUT2D eigenvalue weighted by Crippen LogP contribution is -2.06. The fourth-order valence-corrected chi connectivity index (χ4v) is 11.5. The van der Waals surface area contributed by atoms with Gasteiger partial charge in [-0.2, -0.15) is 9.97 Å². The first kappa shape index (κ1) is 41.8. The molecule has 15 aromatic rings.